The van der Waals surface area contributed by atoms with E-state index in [0.717, 1.165) is 21.6 Å². The van der Waals surface area contributed by atoms with Crippen LogP contribution in [0.5, 0.6) is 5.75 Å². The number of aromatic nitrogens is 2. The van der Waals surface area contributed by atoms with Crippen molar-refractivity contribution in [3.63, 3.8) is 0 Å². The van der Waals surface area contributed by atoms with Crippen LogP contribution in [-0.4, -0.2) is 27.1 Å². The number of ether oxygens (including phenoxy) is 1. The summed E-state index contributed by atoms with van der Waals surface area (Å²) in [6.07, 6.45) is 0. The quantitative estimate of drug-likeness (QED) is 0.372. The Morgan fingerprint density at radius 1 is 1.00 bits per heavy atom. The first-order valence-corrected chi connectivity index (χ1v) is 10.9. The van der Waals surface area contributed by atoms with Gasteiger partial charge in [-0.1, -0.05) is 42.5 Å². The van der Waals surface area contributed by atoms with Gasteiger partial charge in [0.15, 0.2) is 0 Å². The van der Waals surface area contributed by atoms with Gasteiger partial charge >= 0.3 is 5.76 Å². The summed E-state index contributed by atoms with van der Waals surface area (Å²) in [5, 5.41) is 4.08. The Bertz CT molecular complexity index is 1280. The minimum absolute atomic E-state index is 0.0342. The third-order valence-corrected chi connectivity index (χ3v) is 5.26. The maximum atomic E-state index is 13.1. The second-order valence-electron chi connectivity index (χ2n) is 7.66. The van der Waals surface area contributed by atoms with Gasteiger partial charge in [-0.05, 0) is 54.4 Å². The normalized spacial score (nSPS) is 10.8. The van der Waals surface area contributed by atoms with Crippen molar-refractivity contribution in [2.24, 2.45) is 0 Å². The van der Waals surface area contributed by atoms with Crippen LogP contribution in [0.1, 0.15) is 18.1 Å². The number of halogens is 1. The van der Waals surface area contributed by atoms with Crippen LogP contribution in [0.3, 0.4) is 0 Å². The zero-order chi connectivity index (χ0) is 23.9. The predicted octanol–water partition coefficient (Wildman–Crippen LogP) is 4.27. The van der Waals surface area contributed by atoms with Crippen LogP contribution >= 0.6 is 0 Å². The number of nitrogens with zero attached hydrogens (tertiary/aromatic N) is 3. The maximum Gasteiger partial charge on any atom is 0.437 e. The van der Waals surface area contributed by atoms with Crippen LogP contribution in [0.2, 0.25) is 0 Å². The standard InChI is InChI=1S/C26H24FN3O4/c1-2-29(16-19-8-14-23(15-9-19)33-18-20-6-4-3-5-7-20)24(31)17-30-26(32)34-25(28-30)21-10-12-22(27)13-11-21/h3-15H,2,16-18H2,1H3. The van der Waals surface area contributed by atoms with Crippen LogP contribution in [0, 0.1) is 5.82 Å². The molecule has 8 heteroatoms. The Labute approximate surface area is 196 Å². The van der Waals surface area contributed by atoms with Gasteiger partial charge in [-0.3, -0.25) is 4.79 Å². The van der Waals surface area contributed by atoms with Gasteiger partial charge in [-0.2, -0.15) is 4.68 Å². The van der Waals surface area contributed by atoms with Gasteiger partial charge < -0.3 is 14.1 Å². The fourth-order valence-electron chi connectivity index (χ4n) is 3.37. The third-order valence-electron chi connectivity index (χ3n) is 5.26. The molecule has 0 aliphatic carbocycles. The summed E-state index contributed by atoms with van der Waals surface area (Å²) < 4.78 is 25.0. The molecule has 0 saturated carbocycles. The summed E-state index contributed by atoms with van der Waals surface area (Å²) in [5.41, 5.74) is 2.47. The topological polar surface area (TPSA) is 77.6 Å². The van der Waals surface area contributed by atoms with E-state index in [1.807, 2.05) is 61.5 Å². The van der Waals surface area contributed by atoms with E-state index in [9.17, 15) is 14.0 Å². The van der Waals surface area contributed by atoms with Crippen molar-refractivity contribution in [1.29, 1.82) is 0 Å². The molecule has 0 aliphatic rings. The van der Waals surface area contributed by atoms with E-state index in [1.54, 1.807) is 4.90 Å². The van der Waals surface area contributed by atoms with Crippen LogP contribution in [0.25, 0.3) is 11.5 Å². The second-order valence-corrected chi connectivity index (χ2v) is 7.66. The Morgan fingerprint density at radius 2 is 1.71 bits per heavy atom. The highest BCUT2D eigenvalue weighted by atomic mass is 19.1. The molecule has 0 unspecified atom stereocenters. The number of hydrogen-bond acceptors (Lipinski definition) is 5. The van der Waals surface area contributed by atoms with E-state index in [4.69, 9.17) is 9.15 Å². The average molecular weight is 461 g/mol. The number of benzene rings is 3. The van der Waals surface area contributed by atoms with Crippen molar-refractivity contribution in [3.05, 3.63) is 106 Å². The van der Waals surface area contributed by atoms with E-state index in [2.05, 4.69) is 5.10 Å². The molecule has 0 atom stereocenters. The number of amides is 1. The van der Waals surface area contributed by atoms with Crippen molar-refractivity contribution in [2.75, 3.05) is 6.54 Å². The summed E-state index contributed by atoms with van der Waals surface area (Å²) in [7, 11) is 0. The number of rotatable bonds is 9. The Balaban J connectivity index is 1.36. The van der Waals surface area contributed by atoms with E-state index in [0.29, 0.717) is 25.3 Å². The molecule has 4 rings (SSSR count). The third kappa shape index (κ3) is 5.78. The Hall–Kier alpha value is -4.20. The molecule has 7 nitrogen and oxygen atoms in total. The van der Waals surface area contributed by atoms with E-state index in [-0.39, 0.29) is 18.3 Å². The molecule has 0 aliphatic heterocycles. The molecule has 0 N–H and O–H groups in total. The van der Waals surface area contributed by atoms with Crippen molar-refractivity contribution in [2.45, 2.75) is 26.6 Å². The molecule has 0 bridgehead atoms. The Morgan fingerprint density at radius 3 is 2.38 bits per heavy atom. The first-order chi connectivity index (χ1) is 16.5. The first kappa shape index (κ1) is 23.0. The van der Waals surface area contributed by atoms with Crippen LogP contribution in [0.15, 0.2) is 88.1 Å². The van der Waals surface area contributed by atoms with Crippen molar-refractivity contribution >= 4 is 5.91 Å². The van der Waals surface area contributed by atoms with Gasteiger partial charge in [0.05, 0.1) is 0 Å². The molecule has 1 aromatic heterocycles. The zero-order valence-electron chi connectivity index (χ0n) is 18.7. The fraction of sp³-hybridized carbons (Fsp3) is 0.192. The van der Waals surface area contributed by atoms with Crippen LogP contribution < -0.4 is 10.5 Å². The van der Waals surface area contributed by atoms with Gasteiger partial charge in [-0.25, -0.2) is 9.18 Å². The van der Waals surface area contributed by atoms with Gasteiger partial charge in [0.1, 0.15) is 24.7 Å². The number of hydrogen-bond donors (Lipinski definition) is 0. The molecule has 0 fully saturated rings. The summed E-state index contributed by atoms with van der Waals surface area (Å²) >= 11 is 0. The van der Waals surface area contributed by atoms with E-state index >= 15 is 0 Å². The minimum Gasteiger partial charge on any atom is -0.489 e. The second kappa shape index (κ2) is 10.6. The largest absolute Gasteiger partial charge is 0.489 e. The molecule has 34 heavy (non-hydrogen) atoms. The molecule has 0 saturated heterocycles. The summed E-state index contributed by atoms with van der Waals surface area (Å²) in [5.74, 6) is -0.650. The molecule has 4 aromatic rings. The molecule has 0 spiro atoms. The van der Waals surface area contributed by atoms with Crippen LogP contribution in [0.4, 0.5) is 4.39 Å². The molecule has 174 valence electrons. The molecular weight excluding hydrogens is 437 g/mol. The van der Waals surface area contributed by atoms with E-state index < -0.39 is 11.6 Å². The van der Waals surface area contributed by atoms with E-state index in [1.165, 1.54) is 24.3 Å². The first-order valence-electron chi connectivity index (χ1n) is 10.9. The van der Waals surface area contributed by atoms with Gasteiger partial charge in [0.25, 0.3) is 0 Å². The molecule has 1 amide bonds. The molecular formula is C26H24FN3O4. The SMILES string of the molecule is CCN(Cc1ccc(OCc2ccccc2)cc1)C(=O)Cn1nc(-c2ccc(F)cc2)oc1=O. The van der Waals surface area contributed by atoms with Crippen LogP contribution in [-0.2, 0) is 24.5 Å². The Kier molecular flexibility index (Phi) is 7.17. The highest BCUT2D eigenvalue weighted by Gasteiger charge is 2.18. The van der Waals surface area contributed by atoms with Crippen molar-refractivity contribution < 1.29 is 18.3 Å². The van der Waals surface area contributed by atoms with Gasteiger partial charge in [0, 0.05) is 18.7 Å². The lowest BCUT2D eigenvalue weighted by Crippen LogP contribution is -2.35. The lowest BCUT2D eigenvalue weighted by atomic mass is 10.2. The number of carbonyl (C=O) groups is 1. The molecule has 0 radical (unpaired) electrons. The highest BCUT2D eigenvalue weighted by molar-refractivity contribution is 5.75. The fourth-order valence-corrected chi connectivity index (χ4v) is 3.37. The van der Waals surface area contributed by atoms with Gasteiger partial charge in [-0.15, -0.1) is 5.10 Å². The predicted molar refractivity (Wildman–Crippen MR) is 124 cm³/mol. The van der Waals surface area contributed by atoms with Crippen molar-refractivity contribution in [1.82, 2.24) is 14.7 Å². The maximum absolute atomic E-state index is 13.1. The highest BCUT2D eigenvalue weighted by Crippen LogP contribution is 2.17. The summed E-state index contributed by atoms with van der Waals surface area (Å²) in [6.45, 7) is 2.93. The number of likely N-dealkylation sites (N-methyl/N-ethyl adjacent to an activating group) is 1. The molecule has 1 heterocycles. The van der Waals surface area contributed by atoms with Crippen molar-refractivity contribution in [3.8, 4) is 17.2 Å². The lowest BCUT2D eigenvalue weighted by molar-refractivity contribution is -0.132. The smallest absolute Gasteiger partial charge is 0.437 e. The monoisotopic (exact) mass is 461 g/mol. The minimum atomic E-state index is -0.747. The van der Waals surface area contributed by atoms with Gasteiger partial charge in [0.2, 0.25) is 11.8 Å². The lowest BCUT2D eigenvalue weighted by Gasteiger charge is -2.20. The molecule has 3 aromatic carbocycles. The summed E-state index contributed by atoms with van der Waals surface area (Å²) in [6, 6.07) is 22.9. The number of carbonyl (C=O) groups excluding carboxylic acids is 1. The summed E-state index contributed by atoms with van der Waals surface area (Å²) in [4.78, 5) is 26.6. The zero-order valence-corrected chi connectivity index (χ0v) is 18.7. The average Bonchev–Trinajstić information content (AvgIpc) is 3.22.